The van der Waals surface area contributed by atoms with E-state index >= 15 is 0 Å². The molecule has 0 saturated heterocycles. The summed E-state index contributed by atoms with van der Waals surface area (Å²) in [5, 5.41) is 15.0. The molecule has 1 saturated carbocycles. The predicted octanol–water partition coefficient (Wildman–Crippen LogP) is 2.54. The summed E-state index contributed by atoms with van der Waals surface area (Å²) in [5.41, 5.74) is 3.67. The summed E-state index contributed by atoms with van der Waals surface area (Å²) >= 11 is 0. The second-order valence-electron chi connectivity index (χ2n) is 4.47. The van der Waals surface area contributed by atoms with Gasteiger partial charge < -0.3 is 4.74 Å². The molecular formula is C12H19N3O. The van der Waals surface area contributed by atoms with Gasteiger partial charge in [0.2, 0.25) is 0 Å². The fourth-order valence-corrected chi connectivity index (χ4v) is 2.15. The quantitative estimate of drug-likeness (QED) is 0.606. The van der Waals surface area contributed by atoms with Gasteiger partial charge in [-0.15, -0.1) is 0 Å². The molecule has 1 heterocycles. The van der Waals surface area contributed by atoms with Gasteiger partial charge >= 0.3 is 0 Å². The number of nitrogens with zero attached hydrogens (tertiary/aromatic N) is 1. The second kappa shape index (κ2) is 4.68. The van der Waals surface area contributed by atoms with Crippen LogP contribution in [0.1, 0.15) is 48.6 Å². The molecule has 16 heavy (non-hydrogen) atoms. The first-order valence-electron chi connectivity index (χ1n) is 5.87. The number of H-pyrrole nitrogens is 1. The van der Waals surface area contributed by atoms with Gasteiger partial charge in [0.15, 0.2) is 5.90 Å². The van der Waals surface area contributed by atoms with Gasteiger partial charge in [-0.1, -0.05) is 6.42 Å². The number of aryl methyl sites for hydroxylation is 1. The molecule has 88 valence electrons. The molecule has 4 heteroatoms. The van der Waals surface area contributed by atoms with Crippen molar-refractivity contribution in [1.29, 1.82) is 5.41 Å². The van der Waals surface area contributed by atoms with Crippen molar-refractivity contribution in [2.24, 2.45) is 0 Å². The minimum absolute atomic E-state index is 0.347. The molecule has 1 aromatic heterocycles. The van der Waals surface area contributed by atoms with Gasteiger partial charge in [-0.25, -0.2) is 0 Å². The SMILES string of the molecule is COC(=N)CCc1c(C2CCC2)n[nH]c1C. The van der Waals surface area contributed by atoms with Crippen LogP contribution in [0.5, 0.6) is 0 Å². The smallest absolute Gasteiger partial charge is 0.180 e. The van der Waals surface area contributed by atoms with Crippen molar-refractivity contribution >= 4 is 5.90 Å². The Balaban J connectivity index is 2.06. The number of hydrogen-bond acceptors (Lipinski definition) is 3. The summed E-state index contributed by atoms with van der Waals surface area (Å²) < 4.78 is 4.88. The molecule has 1 aliphatic rings. The Kier molecular flexibility index (Phi) is 3.27. The maximum atomic E-state index is 7.49. The van der Waals surface area contributed by atoms with Crippen LogP contribution < -0.4 is 0 Å². The summed E-state index contributed by atoms with van der Waals surface area (Å²) in [6.45, 7) is 2.06. The molecule has 0 aromatic carbocycles. The summed E-state index contributed by atoms with van der Waals surface area (Å²) in [6, 6.07) is 0. The van der Waals surface area contributed by atoms with Crippen molar-refractivity contribution in [3.8, 4) is 0 Å². The van der Waals surface area contributed by atoms with Gasteiger partial charge in [0.1, 0.15) is 0 Å². The second-order valence-corrected chi connectivity index (χ2v) is 4.47. The molecule has 4 nitrogen and oxygen atoms in total. The van der Waals surface area contributed by atoms with Gasteiger partial charge in [-0.2, -0.15) is 5.10 Å². The zero-order valence-corrected chi connectivity index (χ0v) is 9.97. The minimum Gasteiger partial charge on any atom is -0.484 e. The molecule has 1 aromatic rings. The summed E-state index contributed by atoms with van der Waals surface area (Å²) in [5.74, 6) is 0.997. The number of methoxy groups -OCH3 is 1. The van der Waals surface area contributed by atoms with Crippen LogP contribution in [0.25, 0.3) is 0 Å². The van der Waals surface area contributed by atoms with Crippen molar-refractivity contribution in [1.82, 2.24) is 10.2 Å². The molecule has 0 bridgehead atoms. The molecule has 0 aliphatic heterocycles. The Bertz CT molecular complexity index is 380. The maximum Gasteiger partial charge on any atom is 0.180 e. The number of nitrogens with one attached hydrogen (secondary N) is 2. The monoisotopic (exact) mass is 221 g/mol. The van der Waals surface area contributed by atoms with E-state index in [1.165, 1.54) is 30.5 Å². The van der Waals surface area contributed by atoms with E-state index in [9.17, 15) is 0 Å². The number of ether oxygens (including phenoxy) is 1. The first kappa shape index (κ1) is 11.2. The largest absolute Gasteiger partial charge is 0.484 e. The Morgan fingerprint density at radius 1 is 1.56 bits per heavy atom. The minimum atomic E-state index is 0.347. The van der Waals surface area contributed by atoms with Crippen molar-refractivity contribution in [3.05, 3.63) is 17.0 Å². The molecule has 1 aliphatic carbocycles. The summed E-state index contributed by atoms with van der Waals surface area (Å²) in [4.78, 5) is 0. The van der Waals surface area contributed by atoms with Crippen molar-refractivity contribution < 1.29 is 4.74 Å². The number of rotatable bonds is 4. The topological polar surface area (TPSA) is 61.8 Å². The molecule has 0 atom stereocenters. The van der Waals surface area contributed by atoms with Crippen LogP contribution in [-0.4, -0.2) is 23.2 Å². The number of aromatic nitrogens is 2. The zero-order chi connectivity index (χ0) is 11.5. The fraction of sp³-hybridized carbons (Fsp3) is 0.667. The standard InChI is InChI=1S/C12H19N3O/c1-8-10(6-7-11(13)16-2)12(15-14-8)9-4-3-5-9/h9,13H,3-7H2,1-2H3,(H,14,15). The normalized spacial score (nSPS) is 15.9. The van der Waals surface area contributed by atoms with E-state index in [0.717, 1.165) is 12.1 Å². The summed E-state index contributed by atoms with van der Waals surface area (Å²) in [7, 11) is 1.55. The zero-order valence-electron chi connectivity index (χ0n) is 9.97. The Morgan fingerprint density at radius 2 is 2.31 bits per heavy atom. The van der Waals surface area contributed by atoms with Crippen LogP contribution in [0.4, 0.5) is 0 Å². The van der Waals surface area contributed by atoms with E-state index in [2.05, 4.69) is 17.1 Å². The molecule has 0 radical (unpaired) electrons. The first-order chi connectivity index (χ1) is 7.72. The molecule has 2 N–H and O–H groups in total. The van der Waals surface area contributed by atoms with E-state index in [-0.39, 0.29) is 0 Å². The van der Waals surface area contributed by atoms with Gasteiger partial charge in [0, 0.05) is 18.0 Å². The third kappa shape index (κ3) is 2.10. The Morgan fingerprint density at radius 3 is 2.88 bits per heavy atom. The highest BCUT2D eigenvalue weighted by atomic mass is 16.5. The lowest BCUT2D eigenvalue weighted by molar-refractivity contribution is 0.385. The van der Waals surface area contributed by atoms with Crippen LogP contribution in [0, 0.1) is 12.3 Å². The molecular weight excluding hydrogens is 202 g/mol. The van der Waals surface area contributed by atoms with Crippen molar-refractivity contribution in [2.75, 3.05) is 7.11 Å². The van der Waals surface area contributed by atoms with E-state index in [1.807, 2.05) is 0 Å². The molecule has 0 amide bonds. The van der Waals surface area contributed by atoms with Gasteiger partial charge in [0.25, 0.3) is 0 Å². The lowest BCUT2D eigenvalue weighted by Gasteiger charge is -2.24. The predicted molar refractivity (Wildman–Crippen MR) is 63.0 cm³/mol. The average molecular weight is 221 g/mol. The number of aromatic amines is 1. The van der Waals surface area contributed by atoms with Crippen molar-refractivity contribution in [3.63, 3.8) is 0 Å². The Labute approximate surface area is 95.9 Å². The highest BCUT2D eigenvalue weighted by Gasteiger charge is 2.25. The van der Waals surface area contributed by atoms with E-state index in [0.29, 0.717) is 18.2 Å². The maximum absolute atomic E-state index is 7.49. The molecule has 0 unspecified atom stereocenters. The lowest BCUT2D eigenvalue weighted by atomic mass is 9.81. The highest BCUT2D eigenvalue weighted by Crippen LogP contribution is 2.37. The van der Waals surface area contributed by atoms with Gasteiger partial charge in [-0.3, -0.25) is 10.5 Å². The third-order valence-corrected chi connectivity index (χ3v) is 3.45. The van der Waals surface area contributed by atoms with E-state index in [4.69, 9.17) is 10.1 Å². The van der Waals surface area contributed by atoms with Crippen LogP contribution >= 0.6 is 0 Å². The lowest BCUT2D eigenvalue weighted by Crippen LogP contribution is -2.12. The molecule has 1 fully saturated rings. The van der Waals surface area contributed by atoms with Crippen molar-refractivity contribution in [2.45, 2.75) is 44.9 Å². The summed E-state index contributed by atoms with van der Waals surface area (Å²) in [6.07, 6.45) is 5.37. The van der Waals surface area contributed by atoms with Crippen LogP contribution in [0.3, 0.4) is 0 Å². The third-order valence-electron chi connectivity index (χ3n) is 3.45. The molecule has 2 rings (SSSR count). The van der Waals surface area contributed by atoms with E-state index < -0.39 is 0 Å². The Hall–Kier alpha value is -1.32. The van der Waals surface area contributed by atoms with Crippen LogP contribution in [-0.2, 0) is 11.2 Å². The van der Waals surface area contributed by atoms with Crippen LogP contribution in [0.2, 0.25) is 0 Å². The van der Waals surface area contributed by atoms with Gasteiger partial charge in [0.05, 0.1) is 12.8 Å². The van der Waals surface area contributed by atoms with Crippen LogP contribution in [0.15, 0.2) is 0 Å². The fourth-order valence-electron chi connectivity index (χ4n) is 2.15. The average Bonchev–Trinajstić information content (AvgIpc) is 2.55. The first-order valence-corrected chi connectivity index (χ1v) is 5.87. The van der Waals surface area contributed by atoms with Gasteiger partial charge in [-0.05, 0) is 31.7 Å². The number of hydrogen-bond donors (Lipinski definition) is 2. The highest BCUT2D eigenvalue weighted by molar-refractivity contribution is 5.72. The molecule has 0 spiro atoms. The van der Waals surface area contributed by atoms with E-state index in [1.54, 1.807) is 7.11 Å².